The molecule has 1 atom stereocenters. The van der Waals surface area contributed by atoms with Crippen LogP contribution in [0.3, 0.4) is 0 Å². The normalized spacial score (nSPS) is 11.7. The highest BCUT2D eigenvalue weighted by Crippen LogP contribution is 2.12. The second kappa shape index (κ2) is 7.45. The Morgan fingerprint density at radius 1 is 1.10 bits per heavy atom. The van der Waals surface area contributed by atoms with Crippen molar-refractivity contribution in [2.75, 3.05) is 11.9 Å². The number of carbonyl (C=O) groups excluding carboxylic acids is 1. The summed E-state index contributed by atoms with van der Waals surface area (Å²) in [6.07, 6.45) is -0.0825. The number of carbonyl (C=O) groups is 1. The second-order valence-corrected chi connectivity index (χ2v) is 4.99. The maximum Gasteiger partial charge on any atom is 0.319 e. The van der Waals surface area contributed by atoms with Crippen molar-refractivity contribution < 1.29 is 9.90 Å². The summed E-state index contributed by atoms with van der Waals surface area (Å²) in [4.78, 5) is 11.8. The van der Waals surface area contributed by atoms with Gasteiger partial charge in [-0.2, -0.15) is 0 Å². The van der Waals surface area contributed by atoms with Crippen molar-refractivity contribution in [2.45, 2.75) is 19.4 Å². The molecule has 0 aromatic heterocycles. The van der Waals surface area contributed by atoms with Gasteiger partial charge in [-0.25, -0.2) is 4.79 Å². The SMILES string of the molecule is Cc1ccccc1NC(=O)NC[C@@H](O)Cc1ccccc1. The van der Waals surface area contributed by atoms with E-state index in [2.05, 4.69) is 10.6 Å². The first kappa shape index (κ1) is 15.1. The molecule has 0 bridgehead atoms. The molecular weight excluding hydrogens is 264 g/mol. The molecule has 0 aliphatic rings. The van der Waals surface area contributed by atoms with Crippen LogP contribution in [0, 0.1) is 6.92 Å². The van der Waals surface area contributed by atoms with Crippen LogP contribution in [-0.4, -0.2) is 23.8 Å². The first-order valence-electron chi connectivity index (χ1n) is 6.97. The Balaban J connectivity index is 1.77. The molecule has 3 N–H and O–H groups in total. The number of para-hydroxylation sites is 1. The van der Waals surface area contributed by atoms with Crippen LogP contribution in [0.15, 0.2) is 54.6 Å². The average Bonchev–Trinajstić information content (AvgIpc) is 2.49. The van der Waals surface area contributed by atoms with Crippen LogP contribution < -0.4 is 10.6 Å². The van der Waals surface area contributed by atoms with Gasteiger partial charge in [0.15, 0.2) is 0 Å². The van der Waals surface area contributed by atoms with Gasteiger partial charge < -0.3 is 15.7 Å². The number of nitrogens with one attached hydrogen (secondary N) is 2. The lowest BCUT2D eigenvalue weighted by Gasteiger charge is -2.13. The highest BCUT2D eigenvalue weighted by molar-refractivity contribution is 5.89. The molecule has 0 aliphatic heterocycles. The van der Waals surface area contributed by atoms with Crippen LogP contribution >= 0.6 is 0 Å². The molecule has 110 valence electrons. The number of aryl methyl sites for hydroxylation is 1. The van der Waals surface area contributed by atoms with Crippen LogP contribution in [0.4, 0.5) is 10.5 Å². The van der Waals surface area contributed by atoms with Crippen LogP contribution in [-0.2, 0) is 6.42 Å². The maximum atomic E-state index is 11.8. The van der Waals surface area contributed by atoms with E-state index in [4.69, 9.17) is 0 Å². The van der Waals surface area contributed by atoms with Crippen molar-refractivity contribution in [1.82, 2.24) is 5.32 Å². The van der Waals surface area contributed by atoms with Gasteiger partial charge in [-0.15, -0.1) is 0 Å². The number of benzene rings is 2. The summed E-state index contributed by atoms with van der Waals surface area (Å²) in [6.45, 7) is 2.15. The first-order chi connectivity index (χ1) is 10.1. The minimum Gasteiger partial charge on any atom is -0.391 e. The van der Waals surface area contributed by atoms with Gasteiger partial charge in [0, 0.05) is 18.7 Å². The van der Waals surface area contributed by atoms with Crippen LogP contribution in [0.2, 0.25) is 0 Å². The Morgan fingerprint density at radius 2 is 1.76 bits per heavy atom. The third kappa shape index (κ3) is 4.93. The van der Waals surface area contributed by atoms with E-state index in [1.165, 1.54) is 0 Å². The van der Waals surface area contributed by atoms with Crippen molar-refractivity contribution in [3.8, 4) is 0 Å². The molecule has 4 heteroatoms. The monoisotopic (exact) mass is 284 g/mol. The van der Waals surface area contributed by atoms with Crippen LogP contribution in [0.25, 0.3) is 0 Å². The molecule has 2 aromatic rings. The zero-order valence-electron chi connectivity index (χ0n) is 12.0. The molecule has 0 radical (unpaired) electrons. The van der Waals surface area contributed by atoms with E-state index < -0.39 is 6.10 Å². The van der Waals surface area contributed by atoms with E-state index in [0.29, 0.717) is 6.42 Å². The third-order valence-corrected chi connectivity index (χ3v) is 3.21. The molecule has 0 saturated heterocycles. The van der Waals surface area contributed by atoms with Crippen molar-refractivity contribution in [1.29, 1.82) is 0 Å². The second-order valence-electron chi connectivity index (χ2n) is 4.99. The summed E-state index contributed by atoms with van der Waals surface area (Å²) in [5, 5.41) is 15.4. The molecule has 0 heterocycles. The minimum atomic E-state index is -0.602. The van der Waals surface area contributed by atoms with Gasteiger partial charge in [0.1, 0.15) is 0 Å². The van der Waals surface area contributed by atoms with E-state index in [1.807, 2.05) is 61.5 Å². The number of hydrogen-bond acceptors (Lipinski definition) is 2. The summed E-state index contributed by atoms with van der Waals surface area (Å²) in [5.74, 6) is 0. The lowest BCUT2D eigenvalue weighted by Crippen LogP contribution is -2.36. The van der Waals surface area contributed by atoms with Crippen molar-refractivity contribution in [2.24, 2.45) is 0 Å². The Kier molecular flexibility index (Phi) is 5.35. The zero-order valence-corrected chi connectivity index (χ0v) is 12.0. The molecule has 0 unspecified atom stereocenters. The van der Waals surface area contributed by atoms with Gasteiger partial charge in [0.2, 0.25) is 0 Å². The topological polar surface area (TPSA) is 61.4 Å². The van der Waals surface area contributed by atoms with Gasteiger partial charge in [-0.1, -0.05) is 48.5 Å². The molecule has 21 heavy (non-hydrogen) atoms. The summed E-state index contributed by atoms with van der Waals surface area (Å²) in [7, 11) is 0. The average molecular weight is 284 g/mol. The van der Waals surface area contributed by atoms with Gasteiger partial charge in [0.05, 0.1) is 6.10 Å². The first-order valence-corrected chi connectivity index (χ1v) is 6.97. The summed E-state index contributed by atoms with van der Waals surface area (Å²) < 4.78 is 0. The van der Waals surface area contributed by atoms with Gasteiger partial charge in [0.25, 0.3) is 0 Å². The zero-order chi connectivity index (χ0) is 15.1. The lowest BCUT2D eigenvalue weighted by atomic mass is 10.1. The number of urea groups is 1. The number of amides is 2. The fourth-order valence-electron chi connectivity index (χ4n) is 2.05. The van der Waals surface area contributed by atoms with Crippen LogP contribution in [0.1, 0.15) is 11.1 Å². The Bertz CT molecular complexity index is 584. The molecule has 0 saturated carbocycles. The molecule has 4 nitrogen and oxygen atoms in total. The maximum absolute atomic E-state index is 11.8. The number of rotatable bonds is 5. The van der Waals surface area contributed by atoms with E-state index >= 15 is 0 Å². The van der Waals surface area contributed by atoms with E-state index in [1.54, 1.807) is 0 Å². The van der Waals surface area contributed by atoms with Gasteiger partial charge >= 0.3 is 6.03 Å². The fraction of sp³-hybridized carbons (Fsp3) is 0.235. The molecule has 0 spiro atoms. The molecule has 2 amide bonds. The van der Waals surface area contributed by atoms with Crippen LogP contribution in [0.5, 0.6) is 0 Å². The number of hydrogen-bond donors (Lipinski definition) is 3. The number of anilines is 1. The predicted molar refractivity (Wildman–Crippen MR) is 84.4 cm³/mol. The number of aliphatic hydroxyl groups excluding tert-OH is 1. The van der Waals surface area contributed by atoms with E-state index in [-0.39, 0.29) is 12.6 Å². The Labute approximate surface area is 124 Å². The third-order valence-electron chi connectivity index (χ3n) is 3.21. The van der Waals surface area contributed by atoms with E-state index in [9.17, 15) is 9.90 Å². The fourth-order valence-corrected chi connectivity index (χ4v) is 2.05. The summed E-state index contributed by atoms with van der Waals surface area (Å²) >= 11 is 0. The van der Waals surface area contributed by atoms with Gasteiger partial charge in [-0.05, 0) is 24.1 Å². The van der Waals surface area contributed by atoms with E-state index in [0.717, 1.165) is 16.8 Å². The Hall–Kier alpha value is -2.33. The molecule has 2 rings (SSSR count). The minimum absolute atomic E-state index is 0.215. The number of aliphatic hydroxyl groups is 1. The molecule has 0 aliphatic carbocycles. The molecular formula is C17H20N2O2. The molecule has 0 fully saturated rings. The standard InChI is InChI=1S/C17H20N2O2/c1-13-7-5-6-10-16(13)19-17(21)18-12-15(20)11-14-8-3-2-4-9-14/h2-10,15,20H,11-12H2,1H3,(H2,18,19,21)/t15-/m0/s1. The van der Waals surface area contributed by atoms with Crippen molar-refractivity contribution in [3.63, 3.8) is 0 Å². The Morgan fingerprint density at radius 3 is 2.48 bits per heavy atom. The quantitative estimate of drug-likeness (QED) is 0.790. The van der Waals surface area contributed by atoms with Crippen molar-refractivity contribution in [3.05, 3.63) is 65.7 Å². The largest absolute Gasteiger partial charge is 0.391 e. The highest BCUT2D eigenvalue weighted by Gasteiger charge is 2.08. The molecule has 2 aromatic carbocycles. The summed E-state index contributed by atoms with van der Waals surface area (Å²) in [6, 6.07) is 17.0. The summed E-state index contributed by atoms with van der Waals surface area (Å²) in [5.41, 5.74) is 2.82. The lowest BCUT2D eigenvalue weighted by molar-refractivity contribution is 0.172. The predicted octanol–water partition coefficient (Wildman–Crippen LogP) is 2.72. The van der Waals surface area contributed by atoms with Crippen molar-refractivity contribution >= 4 is 11.7 Å². The highest BCUT2D eigenvalue weighted by atomic mass is 16.3. The smallest absolute Gasteiger partial charge is 0.319 e. The van der Waals surface area contributed by atoms with Gasteiger partial charge in [-0.3, -0.25) is 0 Å².